The third-order valence-corrected chi connectivity index (χ3v) is 4.82. The molecule has 144 valence electrons. The Bertz CT molecular complexity index is 1050. The maximum Gasteiger partial charge on any atom is 0.339 e. The van der Waals surface area contributed by atoms with Crippen molar-refractivity contribution in [1.82, 2.24) is 8.75 Å². The highest BCUT2D eigenvalue weighted by molar-refractivity contribution is 7.00. The molecule has 6 nitrogen and oxygen atoms in total. The molecule has 0 atom stereocenters. The number of esters is 2. The first-order chi connectivity index (χ1) is 14.2. The van der Waals surface area contributed by atoms with E-state index < -0.39 is 11.9 Å². The fourth-order valence-corrected chi connectivity index (χ4v) is 3.28. The van der Waals surface area contributed by atoms with Crippen molar-refractivity contribution in [3.05, 3.63) is 95.1 Å². The molecule has 4 rings (SSSR count). The highest BCUT2D eigenvalue weighted by Gasteiger charge is 2.22. The van der Waals surface area contributed by atoms with Gasteiger partial charge in [0, 0.05) is 0 Å². The Morgan fingerprint density at radius 2 is 1.10 bits per heavy atom. The molecule has 0 aliphatic heterocycles. The van der Waals surface area contributed by atoms with E-state index in [2.05, 4.69) is 8.75 Å². The molecule has 0 N–H and O–H groups in total. The van der Waals surface area contributed by atoms with Crippen LogP contribution in [0.25, 0.3) is 11.0 Å². The van der Waals surface area contributed by atoms with Crippen LogP contribution in [0.5, 0.6) is 0 Å². The van der Waals surface area contributed by atoms with E-state index in [0.717, 1.165) is 22.9 Å². The van der Waals surface area contributed by atoms with E-state index in [1.54, 1.807) is 0 Å². The molecule has 29 heavy (non-hydrogen) atoms. The Balaban J connectivity index is 1.56. The van der Waals surface area contributed by atoms with Crippen molar-refractivity contribution in [2.24, 2.45) is 0 Å². The van der Waals surface area contributed by atoms with Crippen molar-refractivity contribution < 1.29 is 19.1 Å². The number of rotatable bonds is 6. The monoisotopic (exact) mass is 404 g/mol. The lowest BCUT2D eigenvalue weighted by atomic mass is 10.1. The number of benzene rings is 3. The lowest BCUT2D eigenvalue weighted by Crippen LogP contribution is -2.14. The van der Waals surface area contributed by atoms with E-state index >= 15 is 0 Å². The van der Waals surface area contributed by atoms with Crippen LogP contribution in [0, 0.1) is 0 Å². The highest BCUT2D eigenvalue weighted by atomic mass is 32.1. The van der Waals surface area contributed by atoms with Gasteiger partial charge >= 0.3 is 11.9 Å². The molecule has 1 heterocycles. The molecule has 0 saturated heterocycles. The largest absolute Gasteiger partial charge is 0.457 e. The molecule has 0 aliphatic rings. The summed E-state index contributed by atoms with van der Waals surface area (Å²) in [7, 11) is 0. The minimum absolute atomic E-state index is 0.103. The Labute approximate surface area is 171 Å². The Morgan fingerprint density at radius 1 is 0.690 bits per heavy atom. The summed E-state index contributed by atoms with van der Waals surface area (Å²) >= 11 is 1.01. The third kappa shape index (κ3) is 4.47. The average Bonchev–Trinajstić information content (AvgIpc) is 3.24. The van der Waals surface area contributed by atoms with Crippen molar-refractivity contribution in [3.8, 4) is 0 Å². The fraction of sp³-hybridized carbons (Fsp3) is 0.0909. The van der Waals surface area contributed by atoms with E-state index in [9.17, 15) is 9.59 Å². The molecule has 0 spiro atoms. The number of fused-ring (bicyclic) bond motifs is 1. The van der Waals surface area contributed by atoms with Crippen LogP contribution in [0.3, 0.4) is 0 Å². The molecule has 0 amide bonds. The van der Waals surface area contributed by atoms with Crippen molar-refractivity contribution >= 4 is 34.7 Å². The molecule has 0 radical (unpaired) electrons. The van der Waals surface area contributed by atoms with Gasteiger partial charge in [-0.25, -0.2) is 9.59 Å². The Morgan fingerprint density at radius 3 is 1.52 bits per heavy atom. The third-order valence-electron chi connectivity index (χ3n) is 4.26. The van der Waals surface area contributed by atoms with Crippen LogP contribution < -0.4 is 0 Å². The summed E-state index contributed by atoms with van der Waals surface area (Å²) in [6.07, 6.45) is 0. The SMILES string of the molecule is O=C(OCc1ccccc1)c1cc2nsnc2cc1C(=O)OCc1ccccc1. The van der Waals surface area contributed by atoms with Crippen LogP contribution in [-0.2, 0) is 22.7 Å². The van der Waals surface area contributed by atoms with Crippen LogP contribution >= 0.6 is 11.7 Å². The first kappa shape index (κ1) is 18.8. The quantitative estimate of drug-likeness (QED) is 0.443. The summed E-state index contributed by atoms with van der Waals surface area (Å²) in [5.41, 5.74) is 2.98. The predicted octanol–water partition coefficient (Wildman–Crippen LogP) is 4.41. The highest BCUT2D eigenvalue weighted by Crippen LogP contribution is 2.21. The number of hydrogen-bond donors (Lipinski definition) is 0. The van der Waals surface area contributed by atoms with Crippen molar-refractivity contribution in [3.63, 3.8) is 0 Å². The molecule has 0 aliphatic carbocycles. The zero-order chi connectivity index (χ0) is 20.1. The molecular formula is C22H16N2O4S. The van der Waals surface area contributed by atoms with Gasteiger partial charge in [-0.3, -0.25) is 0 Å². The summed E-state index contributed by atoms with van der Waals surface area (Å²) in [6, 6.07) is 21.7. The Hall–Kier alpha value is -3.58. The molecule has 0 bridgehead atoms. The molecule has 0 fully saturated rings. The van der Waals surface area contributed by atoms with Gasteiger partial charge in [-0.15, -0.1) is 0 Å². The molecule has 0 unspecified atom stereocenters. The first-order valence-electron chi connectivity index (χ1n) is 8.89. The van der Waals surface area contributed by atoms with Gasteiger partial charge in [-0.05, 0) is 23.3 Å². The normalized spacial score (nSPS) is 10.6. The maximum atomic E-state index is 12.7. The van der Waals surface area contributed by atoms with E-state index in [1.165, 1.54) is 12.1 Å². The molecule has 1 aromatic heterocycles. The summed E-state index contributed by atoms with van der Waals surface area (Å²) in [6.45, 7) is 0.205. The number of carbonyl (C=O) groups is 2. The summed E-state index contributed by atoms with van der Waals surface area (Å²) in [4.78, 5) is 25.4. The molecule has 7 heteroatoms. The predicted molar refractivity (Wildman–Crippen MR) is 109 cm³/mol. The number of ether oxygens (including phenoxy) is 2. The lowest BCUT2D eigenvalue weighted by molar-refractivity contribution is 0.0425. The fourth-order valence-electron chi connectivity index (χ4n) is 2.77. The van der Waals surface area contributed by atoms with Crippen molar-refractivity contribution in [2.75, 3.05) is 0 Å². The molecular weight excluding hydrogens is 388 g/mol. The standard InChI is InChI=1S/C22H16N2O4S/c25-21(27-13-15-7-3-1-4-8-15)17-11-19-20(24-29-23-19)12-18(17)22(26)28-14-16-9-5-2-6-10-16/h1-12H,13-14H2. The summed E-state index contributed by atoms with van der Waals surface area (Å²) in [5.74, 6) is -1.23. The Kier molecular flexibility index (Phi) is 5.58. The van der Waals surface area contributed by atoms with Gasteiger partial charge in [0.25, 0.3) is 0 Å². The van der Waals surface area contributed by atoms with Gasteiger partial charge in [0.1, 0.15) is 24.2 Å². The number of nitrogens with zero attached hydrogens (tertiary/aromatic N) is 2. The minimum atomic E-state index is -0.615. The summed E-state index contributed by atoms with van der Waals surface area (Å²) in [5, 5.41) is 0. The average molecular weight is 404 g/mol. The topological polar surface area (TPSA) is 78.4 Å². The van der Waals surface area contributed by atoms with Crippen LogP contribution in [0.2, 0.25) is 0 Å². The minimum Gasteiger partial charge on any atom is -0.457 e. The van der Waals surface area contributed by atoms with Gasteiger partial charge in [0.2, 0.25) is 0 Å². The van der Waals surface area contributed by atoms with Crippen LogP contribution in [0.4, 0.5) is 0 Å². The smallest absolute Gasteiger partial charge is 0.339 e. The van der Waals surface area contributed by atoms with E-state index in [-0.39, 0.29) is 24.3 Å². The molecule has 3 aromatic carbocycles. The first-order valence-corrected chi connectivity index (χ1v) is 9.62. The van der Waals surface area contributed by atoms with E-state index in [0.29, 0.717) is 11.0 Å². The van der Waals surface area contributed by atoms with Gasteiger partial charge in [-0.2, -0.15) is 8.75 Å². The van der Waals surface area contributed by atoms with Gasteiger partial charge in [0.15, 0.2) is 0 Å². The van der Waals surface area contributed by atoms with Gasteiger partial charge in [-0.1, -0.05) is 60.7 Å². The van der Waals surface area contributed by atoms with Crippen LogP contribution in [0.1, 0.15) is 31.8 Å². The summed E-state index contributed by atoms with van der Waals surface area (Å²) < 4.78 is 19.1. The molecule has 4 aromatic rings. The van der Waals surface area contributed by atoms with Crippen LogP contribution in [0.15, 0.2) is 72.8 Å². The second-order valence-electron chi connectivity index (χ2n) is 6.27. The maximum absolute atomic E-state index is 12.7. The van der Waals surface area contributed by atoms with Gasteiger partial charge < -0.3 is 9.47 Å². The van der Waals surface area contributed by atoms with E-state index in [4.69, 9.17) is 9.47 Å². The lowest BCUT2D eigenvalue weighted by Gasteiger charge is -2.10. The van der Waals surface area contributed by atoms with Crippen molar-refractivity contribution in [2.45, 2.75) is 13.2 Å². The second-order valence-corrected chi connectivity index (χ2v) is 6.80. The number of carbonyl (C=O) groups excluding carboxylic acids is 2. The number of hydrogen-bond acceptors (Lipinski definition) is 7. The number of aromatic nitrogens is 2. The van der Waals surface area contributed by atoms with E-state index in [1.807, 2.05) is 60.7 Å². The van der Waals surface area contributed by atoms with Crippen molar-refractivity contribution in [1.29, 1.82) is 0 Å². The molecule has 0 saturated carbocycles. The zero-order valence-electron chi connectivity index (χ0n) is 15.3. The second kappa shape index (κ2) is 8.62. The zero-order valence-corrected chi connectivity index (χ0v) is 16.1. The van der Waals surface area contributed by atoms with Crippen LogP contribution in [-0.4, -0.2) is 20.7 Å². The van der Waals surface area contributed by atoms with Gasteiger partial charge in [0.05, 0.1) is 22.9 Å².